The van der Waals surface area contributed by atoms with Crippen LogP contribution < -0.4 is 5.32 Å². The van der Waals surface area contributed by atoms with Gasteiger partial charge in [0.05, 0.1) is 12.6 Å². The molecule has 2 atom stereocenters. The van der Waals surface area contributed by atoms with E-state index in [1.54, 1.807) is 13.2 Å². The Hall–Kier alpha value is -0.890. The molecule has 2 rings (SSSR count). The third-order valence-electron chi connectivity index (χ3n) is 3.65. The van der Waals surface area contributed by atoms with Gasteiger partial charge in [-0.1, -0.05) is 0 Å². The van der Waals surface area contributed by atoms with Crippen LogP contribution in [0.15, 0.2) is 21.6 Å². The number of ether oxygens (including phenoxy) is 1. The van der Waals surface area contributed by atoms with E-state index in [1.807, 2.05) is 0 Å². The molecule has 7 heteroatoms. The van der Waals surface area contributed by atoms with E-state index in [9.17, 15) is 8.42 Å². The zero-order chi connectivity index (χ0) is 14.8. The first-order chi connectivity index (χ1) is 9.43. The van der Waals surface area contributed by atoms with Gasteiger partial charge in [-0.2, -0.15) is 0 Å². The SMILES string of the molecule is COC1CCC(NCc2ccc(S(=O)(=O)N(C)C)o2)C1. The zero-order valence-electron chi connectivity index (χ0n) is 12.1. The van der Waals surface area contributed by atoms with E-state index in [0.717, 1.165) is 23.6 Å². The quantitative estimate of drug-likeness (QED) is 0.854. The number of methoxy groups -OCH3 is 1. The molecule has 1 aromatic rings. The van der Waals surface area contributed by atoms with Gasteiger partial charge in [0, 0.05) is 27.2 Å². The third-order valence-corrected chi connectivity index (χ3v) is 5.34. The second kappa shape index (κ2) is 6.26. The Kier molecular flexibility index (Phi) is 4.85. The Labute approximate surface area is 120 Å². The molecule has 1 N–H and O–H groups in total. The number of hydrogen-bond donors (Lipinski definition) is 1. The maximum absolute atomic E-state index is 11.9. The Morgan fingerprint density at radius 1 is 1.40 bits per heavy atom. The van der Waals surface area contributed by atoms with Gasteiger partial charge in [-0.05, 0) is 31.4 Å². The van der Waals surface area contributed by atoms with Gasteiger partial charge in [0.25, 0.3) is 10.0 Å². The van der Waals surface area contributed by atoms with E-state index < -0.39 is 10.0 Å². The van der Waals surface area contributed by atoms with Crippen molar-refractivity contribution in [3.05, 3.63) is 17.9 Å². The average Bonchev–Trinajstić information content (AvgIpc) is 3.05. The molecule has 0 saturated heterocycles. The summed E-state index contributed by atoms with van der Waals surface area (Å²) in [4.78, 5) is 0. The second-order valence-corrected chi connectivity index (χ2v) is 7.34. The van der Waals surface area contributed by atoms with Crippen molar-refractivity contribution in [3.63, 3.8) is 0 Å². The number of nitrogens with zero attached hydrogens (tertiary/aromatic N) is 1. The summed E-state index contributed by atoms with van der Waals surface area (Å²) in [5.41, 5.74) is 0. The summed E-state index contributed by atoms with van der Waals surface area (Å²) in [5, 5.41) is 3.36. The van der Waals surface area contributed by atoms with Gasteiger partial charge in [0.1, 0.15) is 5.76 Å². The number of furan rings is 1. The molecule has 1 aliphatic carbocycles. The molecule has 0 bridgehead atoms. The van der Waals surface area contributed by atoms with Crippen molar-refractivity contribution in [1.82, 2.24) is 9.62 Å². The summed E-state index contributed by atoms with van der Waals surface area (Å²) in [6, 6.07) is 3.60. The third kappa shape index (κ3) is 3.41. The molecule has 0 radical (unpaired) electrons. The topological polar surface area (TPSA) is 71.8 Å². The molecule has 2 unspecified atom stereocenters. The lowest BCUT2D eigenvalue weighted by atomic mass is 10.2. The molecule has 1 fully saturated rings. The summed E-state index contributed by atoms with van der Waals surface area (Å²) >= 11 is 0. The van der Waals surface area contributed by atoms with Gasteiger partial charge >= 0.3 is 0 Å². The molecule has 1 aromatic heterocycles. The van der Waals surface area contributed by atoms with Crippen LogP contribution in [0.2, 0.25) is 0 Å². The highest BCUT2D eigenvalue weighted by Gasteiger charge is 2.25. The molecule has 0 aromatic carbocycles. The van der Waals surface area contributed by atoms with Gasteiger partial charge in [0.2, 0.25) is 5.09 Å². The smallest absolute Gasteiger partial charge is 0.275 e. The Bertz CT molecular complexity index is 538. The molecule has 0 aliphatic heterocycles. The van der Waals surface area contributed by atoms with Crippen LogP contribution in [-0.4, -0.2) is 46.1 Å². The highest BCUT2D eigenvalue weighted by molar-refractivity contribution is 7.88. The first kappa shape index (κ1) is 15.5. The molecule has 1 saturated carbocycles. The Balaban J connectivity index is 1.91. The fourth-order valence-electron chi connectivity index (χ4n) is 2.36. The minimum absolute atomic E-state index is 0.0134. The molecule has 1 aliphatic rings. The Morgan fingerprint density at radius 2 is 2.15 bits per heavy atom. The van der Waals surface area contributed by atoms with E-state index in [4.69, 9.17) is 9.15 Å². The van der Waals surface area contributed by atoms with E-state index in [-0.39, 0.29) is 5.09 Å². The maximum Gasteiger partial charge on any atom is 0.275 e. The van der Waals surface area contributed by atoms with E-state index in [0.29, 0.717) is 24.5 Å². The van der Waals surface area contributed by atoms with Crippen molar-refractivity contribution in [1.29, 1.82) is 0 Å². The van der Waals surface area contributed by atoms with Crippen molar-refractivity contribution < 1.29 is 17.6 Å². The standard InChI is InChI=1S/C13H22N2O4S/c1-15(2)20(16,17)13-7-6-12(19-13)9-14-10-4-5-11(8-10)18-3/h6-7,10-11,14H,4-5,8-9H2,1-3H3. The fourth-order valence-corrected chi connectivity index (χ4v) is 3.17. The van der Waals surface area contributed by atoms with Crippen LogP contribution in [0.5, 0.6) is 0 Å². The molecule has 1 heterocycles. The van der Waals surface area contributed by atoms with Crippen LogP contribution in [0.1, 0.15) is 25.0 Å². The van der Waals surface area contributed by atoms with Crippen molar-refractivity contribution in [2.45, 2.75) is 43.0 Å². The van der Waals surface area contributed by atoms with E-state index in [1.165, 1.54) is 20.2 Å². The average molecular weight is 302 g/mol. The van der Waals surface area contributed by atoms with Gasteiger partial charge < -0.3 is 14.5 Å². The van der Waals surface area contributed by atoms with Crippen LogP contribution in [-0.2, 0) is 21.3 Å². The van der Waals surface area contributed by atoms with Crippen LogP contribution in [0, 0.1) is 0 Å². The molecule has 6 nitrogen and oxygen atoms in total. The molecular formula is C13H22N2O4S. The molecular weight excluding hydrogens is 280 g/mol. The lowest BCUT2D eigenvalue weighted by molar-refractivity contribution is 0.107. The van der Waals surface area contributed by atoms with Crippen molar-refractivity contribution in [3.8, 4) is 0 Å². The van der Waals surface area contributed by atoms with Crippen LogP contribution >= 0.6 is 0 Å². The predicted octanol–water partition coefficient (Wildman–Crippen LogP) is 1.19. The molecule has 114 valence electrons. The first-order valence-corrected chi connectivity index (χ1v) is 8.15. The van der Waals surface area contributed by atoms with Gasteiger partial charge in [-0.25, -0.2) is 12.7 Å². The van der Waals surface area contributed by atoms with Crippen molar-refractivity contribution in [2.75, 3.05) is 21.2 Å². The number of hydrogen-bond acceptors (Lipinski definition) is 5. The summed E-state index contributed by atoms with van der Waals surface area (Å²) in [6.07, 6.45) is 3.45. The van der Waals surface area contributed by atoms with Crippen molar-refractivity contribution >= 4 is 10.0 Å². The predicted molar refractivity (Wildman–Crippen MR) is 74.9 cm³/mol. The summed E-state index contributed by atoms with van der Waals surface area (Å²) in [5.74, 6) is 0.631. The first-order valence-electron chi connectivity index (χ1n) is 6.71. The monoisotopic (exact) mass is 302 g/mol. The van der Waals surface area contributed by atoms with Gasteiger partial charge in [-0.3, -0.25) is 0 Å². The Morgan fingerprint density at radius 3 is 2.75 bits per heavy atom. The molecule has 0 spiro atoms. The number of sulfonamides is 1. The molecule has 20 heavy (non-hydrogen) atoms. The van der Waals surface area contributed by atoms with Crippen LogP contribution in [0.4, 0.5) is 0 Å². The van der Waals surface area contributed by atoms with Gasteiger partial charge in [0.15, 0.2) is 0 Å². The van der Waals surface area contributed by atoms with Crippen LogP contribution in [0.3, 0.4) is 0 Å². The number of rotatable bonds is 6. The summed E-state index contributed by atoms with van der Waals surface area (Å²) < 4.78 is 35.6. The number of nitrogens with one attached hydrogen (secondary N) is 1. The largest absolute Gasteiger partial charge is 0.447 e. The summed E-state index contributed by atoms with van der Waals surface area (Å²) in [6.45, 7) is 0.532. The van der Waals surface area contributed by atoms with E-state index in [2.05, 4.69) is 5.32 Å². The lowest BCUT2D eigenvalue weighted by Crippen LogP contribution is -2.26. The molecule has 0 amide bonds. The fraction of sp³-hybridized carbons (Fsp3) is 0.692. The minimum atomic E-state index is -3.49. The zero-order valence-corrected chi connectivity index (χ0v) is 12.9. The van der Waals surface area contributed by atoms with Crippen molar-refractivity contribution in [2.24, 2.45) is 0 Å². The maximum atomic E-state index is 11.9. The van der Waals surface area contributed by atoms with E-state index >= 15 is 0 Å². The van der Waals surface area contributed by atoms with Crippen LogP contribution in [0.25, 0.3) is 0 Å². The second-order valence-electron chi connectivity index (χ2n) is 5.26. The summed E-state index contributed by atoms with van der Waals surface area (Å²) in [7, 11) is 1.22. The lowest BCUT2D eigenvalue weighted by Gasteiger charge is -2.11. The normalized spacial score (nSPS) is 23.6. The highest BCUT2D eigenvalue weighted by atomic mass is 32.2. The van der Waals surface area contributed by atoms with Gasteiger partial charge in [-0.15, -0.1) is 0 Å². The highest BCUT2D eigenvalue weighted by Crippen LogP contribution is 2.22. The minimum Gasteiger partial charge on any atom is -0.447 e.